The maximum atomic E-state index is 13.0. The zero-order chi connectivity index (χ0) is 17.0. The number of aromatic amines is 1. The molecule has 1 aliphatic carbocycles. The Bertz CT molecular complexity index is 692. The van der Waals surface area contributed by atoms with Gasteiger partial charge in [0.15, 0.2) is 11.5 Å². The Balaban J connectivity index is 1.86. The molecule has 2 aromatic rings. The molecule has 6 nitrogen and oxygen atoms in total. The molecule has 1 aromatic heterocycles. The first kappa shape index (κ1) is 16.4. The third-order valence-electron chi connectivity index (χ3n) is 4.80. The topological polar surface area (TPSA) is 76.2 Å². The number of hydrogen-bond donors (Lipinski definition) is 2. The molecule has 0 aliphatic heterocycles. The number of imidazole rings is 1. The van der Waals surface area contributed by atoms with E-state index in [0.717, 1.165) is 37.1 Å². The molecule has 0 radical (unpaired) electrons. The molecule has 1 heterocycles. The lowest BCUT2D eigenvalue weighted by Gasteiger charge is -2.29. The van der Waals surface area contributed by atoms with Gasteiger partial charge in [0.25, 0.3) is 0 Å². The summed E-state index contributed by atoms with van der Waals surface area (Å²) in [6.07, 6.45) is 7.20. The minimum absolute atomic E-state index is 0.0450. The summed E-state index contributed by atoms with van der Waals surface area (Å²) in [6, 6.07) is 5.77. The van der Waals surface area contributed by atoms with Gasteiger partial charge in [-0.1, -0.05) is 18.9 Å². The molecular weight excluding hydrogens is 306 g/mol. The molecule has 24 heavy (non-hydrogen) atoms. The molecule has 3 rings (SSSR count). The van der Waals surface area contributed by atoms with Crippen molar-refractivity contribution in [2.75, 3.05) is 14.2 Å². The second-order valence-corrected chi connectivity index (χ2v) is 6.08. The molecule has 1 aliphatic rings. The number of ether oxygens (including phenoxy) is 2. The number of amides is 1. The van der Waals surface area contributed by atoms with E-state index in [1.807, 2.05) is 18.2 Å². The molecule has 1 amide bonds. The van der Waals surface area contributed by atoms with E-state index in [4.69, 9.17) is 9.47 Å². The lowest BCUT2D eigenvalue weighted by Crippen LogP contribution is -2.42. The predicted octanol–water partition coefficient (Wildman–Crippen LogP) is 2.56. The number of nitrogens with zero attached hydrogens (tertiary/aromatic N) is 1. The normalized spacial score (nSPS) is 15.9. The van der Waals surface area contributed by atoms with E-state index < -0.39 is 5.41 Å². The van der Waals surface area contributed by atoms with Gasteiger partial charge in [-0.2, -0.15) is 0 Å². The molecular formula is C18H23N3O3. The van der Waals surface area contributed by atoms with Crippen LogP contribution in [0, 0.1) is 0 Å². The van der Waals surface area contributed by atoms with Crippen molar-refractivity contribution in [1.29, 1.82) is 0 Å². The van der Waals surface area contributed by atoms with Crippen LogP contribution in [0.25, 0.3) is 0 Å². The lowest BCUT2D eigenvalue weighted by molar-refractivity contribution is -0.126. The maximum Gasteiger partial charge on any atom is 0.231 e. The molecule has 1 fully saturated rings. The highest BCUT2D eigenvalue weighted by Gasteiger charge is 2.43. The summed E-state index contributed by atoms with van der Waals surface area (Å²) in [5.74, 6) is 2.12. The number of nitrogens with one attached hydrogen (secondary N) is 2. The van der Waals surface area contributed by atoms with E-state index in [1.54, 1.807) is 26.6 Å². The Morgan fingerprint density at radius 3 is 2.62 bits per heavy atom. The standard InChI is InChI=1S/C18H23N3O3/c1-23-14-6-5-13(11-15(14)24-2)18(7-3-4-8-18)17(22)21-12-16-19-9-10-20-16/h5-6,9-11H,3-4,7-8,12H2,1-2H3,(H,19,20)(H,21,22). The third kappa shape index (κ3) is 2.96. The highest BCUT2D eigenvalue weighted by atomic mass is 16.5. The summed E-state index contributed by atoms with van der Waals surface area (Å²) in [5.41, 5.74) is 0.473. The van der Waals surface area contributed by atoms with E-state index >= 15 is 0 Å². The van der Waals surface area contributed by atoms with Crippen LogP contribution in [0.5, 0.6) is 11.5 Å². The molecule has 2 N–H and O–H groups in total. The van der Waals surface area contributed by atoms with Crippen LogP contribution in [0.2, 0.25) is 0 Å². The lowest BCUT2D eigenvalue weighted by atomic mass is 9.77. The summed E-state index contributed by atoms with van der Waals surface area (Å²) in [5, 5.41) is 3.03. The third-order valence-corrected chi connectivity index (χ3v) is 4.80. The number of methoxy groups -OCH3 is 2. The molecule has 6 heteroatoms. The smallest absolute Gasteiger partial charge is 0.231 e. The summed E-state index contributed by atoms with van der Waals surface area (Å²) in [4.78, 5) is 20.2. The van der Waals surface area contributed by atoms with Gasteiger partial charge in [-0.25, -0.2) is 4.98 Å². The summed E-state index contributed by atoms with van der Waals surface area (Å²) in [6.45, 7) is 0.404. The number of aromatic nitrogens is 2. The van der Waals surface area contributed by atoms with Crippen molar-refractivity contribution < 1.29 is 14.3 Å². The first-order valence-electron chi connectivity index (χ1n) is 8.18. The molecule has 0 spiro atoms. The van der Waals surface area contributed by atoms with Crippen LogP contribution >= 0.6 is 0 Å². The van der Waals surface area contributed by atoms with Gasteiger partial charge < -0.3 is 19.8 Å². The van der Waals surface area contributed by atoms with Crippen molar-refractivity contribution in [3.8, 4) is 11.5 Å². The fourth-order valence-corrected chi connectivity index (χ4v) is 3.49. The average molecular weight is 329 g/mol. The number of benzene rings is 1. The number of carbonyl (C=O) groups is 1. The van der Waals surface area contributed by atoms with Crippen LogP contribution in [0.15, 0.2) is 30.6 Å². The van der Waals surface area contributed by atoms with Crippen molar-refractivity contribution in [2.45, 2.75) is 37.6 Å². The molecule has 0 unspecified atom stereocenters. The SMILES string of the molecule is COc1ccc(C2(C(=O)NCc3ncc[nH]3)CCCC2)cc1OC. The van der Waals surface area contributed by atoms with Gasteiger partial charge in [0, 0.05) is 12.4 Å². The predicted molar refractivity (Wildman–Crippen MR) is 90.1 cm³/mol. The Hall–Kier alpha value is -2.50. The van der Waals surface area contributed by atoms with Crippen molar-refractivity contribution >= 4 is 5.91 Å². The Morgan fingerprint density at radius 1 is 1.25 bits per heavy atom. The van der Waals surface area contributed by atoms with Gasteiger partial charge in [0.05, 0.1) is 26.2 Å². The van der Waals surface area contributed by atoms with Crippen molar-refractivity contribution in [3.63, 3.8) is 0 Å². The van der Waals surface area contributed by atoms with Crippen molar-refractivity contribution in [2.24, 2.45) is 0 Å². The summed E-state index contributed by atoms with van der Waals surface area (Å²) >= 11 is 0. The Morgan fingerprint density at radius 2 is 2.00 bits per heavy atom. The van der Waals surface area contributed by atoms with Crippen molar-refractivity contribution in [3.05, 3.63) is 42.0 Å². The van der Waals surface area contributed by atoms with Gasteiger partial charge in [-0.05, 0) is 30.5 Å². The Labute approximate surface area is 141 Å². The summed E-state index contributed by atoms with van der Waals surface area (Å²) < 4.78 is 10.7. The van der Waals surface area contributed by atoms with E-state index in [-0.39, 0.29) is 5.91 Å². The molecule has 0 bridgehead atoms. The van der Waals surface area contributed by atoms with Gasteiger partial charge in [0.1, 0.15) is 5.82 Å². The molecule has 128 valence electrons. The quantitative estimate of drug-likeness (QED) is 0.854. The minimum Gasteiger partial charge on any atom is -0.493 e. The molecule has 0 saturated heterocycles. The van der Waals surface area contributed by atoms with Crippen LogP contribution in [0.3, 0.4) is 0 Å². The second kappa shape index (κ2) is 6.95. The van der Waals surface area contributed by atoms with E-state index in [1.165, 1.54) is 0 Å². The second-order valence-electron chi connectivity index (χ2n) is 6.08. The maximum absolute atomic E-state index is 13.0. The number of rotatable bonds is 6. The zero-order valence-corrected chi connectivity index (χ0v) is 14.1. The van der Waals surface area contributed by atoms with Crippen LogP contribution < -0.4 is 14.8 Å². The first-order chi connectivity index (χ1) is 11.7. The monoisotopic (exact) mass is 329 g/mol. The first-order valence-corrected chi connectivity index (χ1v) is 8.18. The van der Waals surface area contributed by atoms with E-state index in [9.17, 15) is 4.79 Å². The van der Waals surface area contributed by atoms with Crippen LogP contribution in [0.4, 0.5) is 0 Å². The van der Waals surface area contributed by atoms with Gasteiger partial charge in [-0.3, -0.25) is 4.79 Å². The van der Waals surface area contributed by atoms with E-state index in [0.29, 0.717) is 18.0 Å². The number of hydrogen-bond acceptors (Lipinski definition) is 4. The molecule has 0 atom stereocenters. The van der Waals surface area contributed by atoms with Gasteiger partial charge >= 0.3 is 0 Å². The van der Waals surface area contributed by atoms with Crippen LogP contribution in [-0.2, 0) is 16.8 Å². The number of carbonyl (C=O) groups excluding carboxylic acids is 1. The molecule has 1 saturated carbocycles. The largest absolute Gasteiger partial charge is 0.493 e. The van der Waals surface area contributed by atoms with Gasteiger partial charge in [0.2, 0.25) is 5.91 Å². The summed E-state index contributed by atoms with van der Waals surface area (Å²) in [7, 11) is 3.22. The van der Waals surface area contributed by atoms with Crippen LogP contribution in [-0.4, -0.2) is 30.1 Å². The van der Waals surface area contributed by atoms with Gasteiger partial charge in [-0.15, -0.1) is 0 Å². The fraction of sp³-hybridized carbons (Fsp3) is 0.444. The van der Waals surface area contributed by atoms with Crippen molar-refractivity contribution in [1.82, 2.24) is 15.3 Å². The number of H-pyrrole nitrogens is 1. The Kier molecular flexibility index (Phi) is 4.74. The molecule has 1 aromatic carbocycles. The highest BCUT2D eigenvalue weighted by Crippen LogP contribution is 2.43. The fourth-order valence-electron chi connectivity index (χ4n) is 3.49. The van der Waals surface area contributed by atoms with E-state index in [2.05, 4.69) is 15.3 Å². The average Bonchev–Trinajstić information content (AvgIpc) is 3.31. The minimum atomic E-state index is -0.508. The highest BCUT2D eigenvalue weighted by molar-refractivity contribution is 5.88. The zero-order valence-electron chi connectivity index (χ0n) is 14.1. The van der Waals surface area contributed by atoms with Crippen LogP contribution in [0.1, 0.15) is 37.1 Å².